The lowest BCUT2D eigenvalue weighted by molar-refractivity contribution is 0.0896. The van der Waals surface area contributed by atoms with E-state index in [1.165, 1.54) is 6.39 Å². The third-order valence-corrected chi connectivity index (χ3v) is 4.48. The van der Waals surface area contributed by atoms with Crippen molar-refractivity contribution in [3.05, 3.63) is 36.9 Å². The summed E-state index contributed by atoms with van der Waals surface area (Å²) in [6.45, 7) is 5.89. The van der Waals surface area contributed by atoms with Crippen molar-refractivity contribution in [1.82, 2.24) is 15.2 Å². The largest absolute Gasteiger partial charge is 0.444 e. The van der Waals surface area contributed by atoms with Gasteiger partial charge in [-0.2, -0.15) is 0 Å². The first kappa shape index (κ1) is 17.4. The van der Waals surface area contributed by atoms with E-state index < -0.39 is 0 Å². The van der Waals surface area contributed by atoms with E-state index in [4.69, 9.17) is 9.15 Å². The summed E-state index contributed by atoms with van der Waals surface area (Å²) in [6.07, 6.45) is 3.02. The highest BCUT2D eigenvalue weighted by molar-refractivity contribution is 5.90. The zero-order valence-corrected chi connectivity index (χ0v) is 14.7. The quantitative estimate of drug-likeness (QED) is 0.871. The van der Waals surface area contributed by atoms with E-state index >= 15 is 0 Å². The lowest BCUT2D eigenvalue weighted by Gasteiger charge is -2.20. The van der Waals surface area contributed by atoms with Crippen LogP contribution in [-0.2, 0) is 4.74 Å². The molecule has 1 saturated heterocycles. The number of anilines is 1. The van der Waals surface area contributed by atoms with Gasteiger partial charge in [0.15, 0.2) is 12.2 Å². The topological polar surface area (TPSA) is 79.6 Å². The maximum absolute atomic E-state index is 12.4. The minimum Gasteiger partial charge on any atom is -0.444 e. The standard InChI is InChI=1S/C18H24N4O3/c1-12(2)22-9-15(17(10-22)24-3)21-18(23)20-14-6-4-5-13(7-14)16-8-19-11-25-16/h4-8,11-12,15,17H,9-10H2,1-3H3,(H2,20,21,23). The fourth-order valence-corrected chi connectivity index (χ4v) is 3.05. The van der Waals surface area contributed by atoms with Gasteiger partial charge in [-0.15, -0.1) is 0 Å². The Morgan fingerprint density at radius 3 is 2.92 bits per heavy atom. The second-order valence-corrected chi connectivity index (χ2v) is 6.47. The van der Waals surface area contributed by atoms with Gasteiger partial charge in [-0.25, -0.2) is 9.78 Å². The SMILES string of the molecule is COC1CN(C(C)C)CC1NC(=O)Nc1cccc(-c2cnco2)c1. The number of oxazole rings is 1. The lowest BCUT2D eigenvalue weighted by atomic mass is 10.1. The van der Waals surface area contributed by atoms with Crippen LogP contribution >= 0.6 is 0 Å². The molecule has 7 heteroatoms. The molecule has 1 aliphatic rings. The number of methoxy groups -OCH3 is 1. The molecule has 1 aliphatic heterocycles. The molecular formula is C18H24N4O3. The highest BCUT2D eigenvalue weighted by atomic mass is 16.5. The Hall–Kier alpha value is -2.38. The van der Waals surface area contributed by atoms with E-state index in [0.717, 1.165) is 18.7 Å². The Balaban J connectivity index is 1.62. The van der Waals surface area contributed by atoms with Crippen LogP contribution in [0.4, 0.5) is 10.5 Å². The first-order valence-electron chi connectivity index (χ1n) is 8.40. The summed E-state index contributed by atoms with van der Waals surface area (Å²) in [5.41, 5.74) is 1.55. The van der Waals surface area contributed by atoms with Gasteiger partial charge in [0.25, 0.3) is 0 Å². The van der Waals surface area contributed by atoms with Gasteiger partial charge in [0.05, 0.1) is 18.3 Å². The molecule has 2 aromatic rings. The number of likely N-dealkylation sites (tertiary alicyclic amines) is 1. The molecule has 0 aliphatic carbocycles. The number of nitrogens with zero attached hydrogens (tertiary/aromatic N) is 2. The molecule has 2 atom stereocenters. The van der Waals surface area contributed by atoms with Crippen molar-refractivity contribution in [2.24, 2.45) is 0 Å². The summed E-state index contributed by atoms with van der Waals surface area (Å²) in [6, 6.07) is 7.60. The van der Waals surface area contributed by atoms with Gasteiger partial charge in [0.2, 0.25) is 0 Å². The summed E-state index contributed by atoms with van der Waals surface area (Å²) >= 11 is 0. The van der Waals surface area contributed by atoms with Crippen LogP contribution in [0.25, 0.3) is 11.3 Å². The molecule has 7 nitrogen and oxygen atoms in total. The Labute approximate surface area is 147 Å². The number of benzene rings is 1. The van der Waals surface area contributed by atoms with Gasteiger partial charge in [0.1, 0.15) is 0 Å². The van der Waals surface area contributed by atoms with Crippen LogP contribution in [-0.4, -0.2) is 54.3 Å². The van der Waals surface area contributed by atoms with Crippen LogP contribution in [0.1, 0.15) is 13.8 Å². The molecule has 25 heavy (non-hydrogen) atoms. The average Bonchev–Trinajstić information content (AvgIpc) is 3.24. The fraction of sp³-hybridized carbons (Fsp3) is 0.444. The minimum atomic E-state index is -0.243. The molecule has 0 bridgehead atoms. The molecule has 134 valence electrons. The third kappa shape index (κ3) is 4.18. The number of amides is 2. The number of carbonyl (C=O) groups is 1. The number of nitrogens with one attached hydrogen (secondary N) is 2. The van der Waals surface area contributed by atoms with Crippen LogP contribution in [0.3, 0.4) is 0 Å². The summed E-state index contributed by atoms with van der Waals surface area (Å²) in [7, 11) is 1.68. The number of aromatic nitrogens is 1. The second kappa shape index (κ2) is 7.67. The first-order chi connectivity index (χ1) is 12.1. The monoisotopic (exact) mass is 344 g/mol. The zero-order valence-electron chi connectivity index (χ0n) is 14.7. The predicted molar refractivity (Wildman–Crippen MR) is 95.4 cm³/mol. The molecule has 1 aromatic carbocycles. The molecule has 0 spiro atoms. The minimum absolute atomic E-state index is 0.00585. The van der Waals surface area contributed by atoms with Crippen molar-refractivity contribution < 1.29 is 13.9 Å². The summed E-state index contributed by atoms with van der Waals surface area (Å²) in [5, 5.41) is 5.89. The van der Waals surface area contributed by atoms with Crippen LogP contribution in [0.2, 0.25) is 0 Å². The summed E-state index contributed by atoms with van der Waals surface area (Å²) < 4.78 is 10.8. The second-order valence-electron chi connectivity index (χ2n) is 6.47. The van der Waals surface area contributed by atoms with Gasteiger partial charge < -0.3 is 19.8 Å². The van der Waals surface area contributed by atoms with Gasteiger partial charge in [-0.3, -0.25) is 4.90 Å². The third-order valence-electron chi connectivity index (χ3n) is 4.48. The molecule has 1 fully saturated rings. The Kier molecular flexibility index (Phi) is 5.35. The average molecular weight is 344 g/mol. The van der Waals surface area contributed by atoms with Crippen molar-refractivity contribution >= 4 is 11.7 Å². The molecule has 0 radical (unpaired) electrons. The van der Waals surface area contributed by atoms with Crippen LogP contribution in [0, 0.1) is 0 Å². The smallest absolute Gasteiger partial charge is 0.319 e. The summed E-state index contributed by atoms with van der Waals surface area (Å²) in [5.74, 6) is 0.659. The molecule has 2 unspecified atom stereocenters. The van der Waals surface area contributed by atoms with Crippen molar-refractivity contribution in [3.8, 4) is 11.3 Å². The van der Waals surface area contributed by atoms with Gasteiger partial charge >= 0.3 is 6.03 Å². The van der Waals surface area contributed by atoms with Crippen molar-refractivity contribution in [2.75, 3.05) is 25.5 Å². The van der Waals surface area contributed by atoms with Crippen LogP contribution in [0.15, 0.2) is 41.3 Å². The van der Waals surface area contributed by atoms with Gasteiger partial charge in [-0.1, -0.05) is 12.1 Å². The van der Waals surface area contributed by atoms with Gasteiger partial charge in [-0.05, 0) is 26.0 Å². The van der Waals surface area contributed by atoms with E-state index in [1.54, 1.807) is 13.3 Å². The van der Waals surface area contributed by atoms with E-state index in [0.29, 0.717) is 17.5 Å². The maximum atomic E-state index is 12.4. The van der Waals surface area contributed by atoms with Crippen molar-refractivity contribution in [2.45, 2.75) is 32.0 Å². The van der Waals surface area contributed by atoms with Crippen molar-refractivity contribution in [1.29, 1.82) is 0 Å². The van der Waals surface area contributed by atoms with Crippen LogP contribution in [0.5, 0.6) is 0 Å². The van der Waals surface area contributed by atoms with Gasteiger partial charge in [0, 0.05) is 37.5 Å². The van der Waals surface area contributed by atoms with E-state index in [1.807, 2.05) is 24.3 Å². The molecule has 2 amide bonds. The molecule has 1 aromatic heterocycles. The number of ether oxygens (including phenoxy) is 1. The van der Waals surface area contributed by atoms with E-state index in [9.17, 15) is 4.79 Å². The predicted octanol–water partition coefficient (Wildman–Crippen LogP) is 2.57. The van der Waals surface area contributed by atoms with E-state index in [-0.39, 0.29) is 18.2 Å². The van der Waals surface area contributed by atoms with E-state index in [2.05, 4.69) is 34.4 Å². The van der Waals surface area contributed by atoms with Crippen LogP contribution < -0.4 is 10.6 Å². The molecule has 3 rings (SSSR count). The fourth-order valence-electron chi connectivity index (χ4n) is 3.05. The molecule has 0 saturated carbocycles. The Bertz CT molecular complexity index is 702. The Morgan fingerprint density at radius 1 is 1.40 bits per heavy atom. The summed E-state index contributed by atoms with van der Waals surface area (Å²) in [4.78, 5) is 18.6. The number of rotatable bonds is 5. The normalized spacial score (nSPS) is 20.8. The molecule has 2 N–H and O–H groups in total. The number of hydrogen-bond acceptors (Lipinski definition) is 5. The molecule has 2 heterocycles. The number of urea groups is 1. The molecular weight excluding hydrogens is 320 g/mol. The number of hydrogen-bond donors (Lipinski definition) is 2. The Morgan fingerprint density at radius 2 is 2.24 bits per heavy atom. The highest BCUT2D eigenvalue weighted by Crippen LogP contribution is 2.22. The maximum Gasteiger partial charge on any atom is 0.319 e. The number of carbonyl (C=O) groups excluding carboxylic acids is 1. The first-order valence-corrected chi connectivity index (χ1v) is 8.40. The lowest BCUT2D eigenvalue weighted by Crippen LogP contribution is -2.45. The highest BCUT2D eigenvalue weighted by Gasteiger charge is 2.34. The zero-order chi connectivity index (χ0) is 17.8. The van der Waals surface area contributed by atoms with Crippen molar-refractivity contribution in [3.63, 3.8) is 0 Å².